The van der Waals surface area contributed by atoms with Crippen molar-refractivity contribution in [2.45, 2.75) is 63.8 Å². The van der Waals surface area contributed by atoms with Gasteiger partial charge in [-0.15, -0.1) is 0 Å². The lowest BCUT2D eigenvalue weighted by atomic mass is 9.47. The number of nitrogens with zero attached hydrogens (tertiary/aromatic N) is 1. The highest BCUT2D eigenvalue weighted by atomic mass is 15.1. The van der Waals surface area contributed by atoms with Crippen molar-refractivity contribution in [3.05, 3.63) is 42.0 Å². The average molecular weight is 338 g/mol. The standard InChI is InChI=1S/C24H35N/c1-25(2)23(12-8-4-7-11-19-9-5-3-6-10-19)24-16-20-13-21(17-24)15-22(14-20)18-24/h3,5-7,9-11,20-23H,4,8,12-18H2,1-2H3. The summed E-state index contributed by atoms with van der Waals surface area (Å²) < 4.78 is 0. The molecule has 4 saturated carbocycles. The average Bonchev–Trinajstić information content (AvgIpc) is 2.57. The van der Waals surface area contributed by atoms with E-state index >= 15 is 0 Å². The van der Waals surface area contributed by atoms with Crippen LogP contribution in [-0.4, -0.2) is 25.0 Å². The topological polar surface area (TPSA) is 3.24 Å². The Balaban J connectivity index is 1.35. The Bertz CT molecular complexity index is 550. The predicted octanol–water partition coefficient (Wildman–Crippen LogP) is 6.02. The molecule has 5 rings (SSSR count). The molecule has 0 N–H and O–H groups in total. The Morgan fingerprint density at radius 2 is 1.60 bits per heavy atom. The minimum Gasteiger partial charge on any atom is -0.306 e. The first-order chi connectivity index (χ1) is 12.1. The smallest absolute Gasteiger partial charge is 0.0146 e. The van der Waals surface area contributed by atoms with Crippen LogP contribution in [0.3, 0.4) is 0 Å². The van der Waals surface area contributed by atoms with Crippen LogP contribution < -0.4 is 0 Å². The first kappa shape index (κ1) is 17.3. The molecule has 4 bridgehead atoms. The quantitative estimate of drug-likeness (QED) is 0.550. The summed E-state index contributed by atoms with van der Waals surface area (Å²) in [7, 11) is 4.67. The Kier molecular flexibility index (Phi) is 5.04. The van der Waals surface area contributed by atoms with Crippen LogP contribution in [0.5, 0.6) is 0 Å². The van der Waals surface area contributed by atoms with Gasteiger partial charge in [-0.1, -0.05) is 42.5 Å². The van der Waals surface area contributed by atoms with Crippen LogP contribution in [0.2, 0.25) is 0 Å². The second-order valence-corrected chi connectivity index (χ2v) is 9.50. The predicted molar refractivity (Wildman–Crippen MR) is 107 cm³/mol. The Morgan fingerprint density at radius 1 is 1.00 bits per heavy atom. The van der Waals surface area contributed by atoms with E-state index in [2.05, 4.69) is 61.5 Å². The van der Waals surface area contributed by atoms with E-state index in [0.717, 1.165) is 23.8 Å². The summed E-state index contributed by atoms with van der Waals surface area (Å²) in [5, 5.41) is 0. The molecule has 4 aliphatic carbocycles. The zero-order valence-electron chi connectivity index (χ0n) is 16.2. The summed E-state index contributed by atoms with van der Waals surface area (Å²) in [6.07, 6.45) is 17.8. The van der Waals surface area contributed by atoms with Gasteiger partial charge in [0.2, 0.25) is 0 Å². The van der Waals surface area contributed by atoms with E-state index in [1.54, 1.807) is 19.3 Å². The molecule has 0 aromatic heterocycles. The van der Waals surface area contributed by atoms with Gasteiger partial charge < -0.3 is 4.90 Å². The van der Waals surface area contributed by atoms with Crippen LogP contribution >= 0.6 is 0 Å². The molecule has 1 aromatic carbocycles. The van der Waals surface area contributed by atoms with Gasteiger partial charge in [0.05, 0.1) is 0 Å². The van der Waals surface area contributed by atoms with Crippen LogP contribution in [0, 0.1) is 23.2 Å². The van der Waals surface area contributed by atoms with Crippen LogP contribution in [0.25, 0.3) is 6.08 Å². The minimum absolute atomic E-state index is 0.654. The third-order valence-corrected chi connectivity index (χ3v) is 7.37. The monoisotopic (exact) mass is 337 g/mol. The highest BCUT2D eigenvalue weighted by Gasteiger charge is 2.54. The molecule has 1 atom stereocenters. The highest BCUT2D eigenvalue weighted by Crippen LogP contribution is 2.62. The largest absolute Gasteiger partial charge is 0.306 e. The lowest BCUT2D eigenvalue weighted by Crippen LogP contribution is -2.55. The van der Waals surface area contributed by atoms with Crippen LogP contribution in [-0.2, 0) is 0 Å². The molecule has 0 aliphatic heterocycles. The van der Waals surface area contributed by atoms with Gasteiger partial charge >= 0.3 is 0 Å². The molecule has 0 radical (unpaired) electrons. The second kappa shape index (κ2) is 7.27. The Hall–Kier alpha value is -1.08. The lowest BCUT2D eigenvalue weighted by Gasteiger charge is -2.60. The van der Waals surface area contributed by atoms with E-state index in [9.17, 15) is 0 Å². The van der Waals surface area contributed by atoms with Gasteiger partial charge in [0.25, 0.3) is 0 Å². The van der Waals surface area contributed by atoms with Crippen molar-refractivity contribution in [3.8, 4) is 0 Å². The zero-order chi connectivity index (χ0) is 17.3. The molecule has 0 saturated heterocycles. The summed E-state index contributed by atoms with van der Waals surface area (Å²) in [6, 6.07) is 11.5. The number of allylic oxidation sites excluding steroid dienone is 1. The molecule has 25 heavy (non-hydrogen) atoms. The summed E-state index contributed by atoms with van der Waals surface area (Å²) in [5.74, 6) is 3.19. The highest BCUT2D eigenvalue weighted by molar-refractivity contribution is 5.48. The molecule has 0 spiro atoms. The molecule has 0 heterocycles. The van der Waals surface area contributed by atoms with E-state index < -0.39 is 0 Å². The summed E-state index contributed by atoms with van der Waals surface area (Å²) in [5.41, 5.74) is 1.98. The van der Waals surface area contributed by atoms with E-state index in [0.29, 0.717) is 5.41 Å². The maximum atomic E-state index is 2.58. The van der Waals surface area contributed by atoms with Gasteiger partial charge in [0, 0.05) is 6.04 Å². The fraction of sp³-hybridized carbons (Fsp3) is 0.667. The lowest BCUT2D eigenvalue weighted by molar-refractivity contribution is -0.0954. The summed E-state index contributed by atoms with van der Waals surface area (Å²) in [6.45, 7) is 0. The Labute approximate surface area is 154 Å². The van der Waals surface area contributed by atoms with Crippen molar-refractivity contribution in [1.29, 1.82) is 0 Å². The number of hydrogen-bond acceptors (Lipinski definition) is 1. The second-order valence-electron chi connectivity index (χ2n) is 9.50. The third kappa shape index (κ3) is 3.72. The fourth-order valence-corrected chi connectivity index (χ4v) is 6.91. The maximum absolute atomic E-state index is 2.58. The van der Waals surface area contributed by atoms with Gasteiger partial charge in [-0.05, 0) is 101 Å². The molecule has 1 unspecified atom stereocenters. The third-order valence-electron chi connectivity index (χ3n) is 7.37. The first-order valence-corrected chi connectivity index (χ1v) is 10.5. The molecular weight excluding hydrogens is 302 g/mol. The van der Waals surface area contributed by atoms with Crippen molar-refractivity contribution in [2.24, 2.45) is 23.2 Å². The summed E-state index contributed by atoms with van der Waals surface area (Å²) in [4.78, 5) is 2.58. The Morgan fingerprint density at radius 3 is 2.16 bits per heavy atom. The van der Waals surface area contributed by atoms with Crippen LogP contribution in [0.4, 0.5) is 0 Å². The number of benzene rings is 1. The number of hydrogen-bond donors (Lipinski definition) is 0. The molecule has 4 aliphatic rings. The first-order valence-electron chi connectivity index (χ1n) is 10.5. The molecule has 0 amide bonds. The van der Waals surface area contributed by atoms with E-state index in [4.69, 9.17) is 0 Å². The van der Waals surface area contributed by atoms with Crippen molar-refractivity contribution in [2.75, 3.05) is 14.1 Å². The van der Waals surface area contributed by atoms with E-state index in [1.807, 2.05) is 0 Å². The van der Waals surface area contributed by atoms with Gasteiger partial charge in [-0.2, -0.15) is 0 Å². The molecule has 136 valence electrons. The summed E-state index contributed by atoms with van der Waals surface area (Å²) >= 11 is 0. The van der Waals surface area contributed by atoms with Crippen molar-refractivity contribution in [1.82, 2.24) is 4.90 Å². The molecule has 4 fully saturated rings. The van der Waals surface area contributed by atoms with Crippen LogP contribution in [0.15, 0.2) is 36.4 Å². The minimum atomic E-state index is 0.654. The maximum Gasteiger partial charge on any atom is 0.0146 e. The number of unbranched alkanes of at least 4 members (excludes halogenated alkanes) is 1. The van der Waals surface area contributed by atoms with E-state index in [1.165, 1.54) is 44.1 Å². The van der Waals surface area contributed by atoms with Crippen molar-refractivity contribution < 1.29 is 0 Å². The molecule has 1 nitrogen and oxygen atoms in total. The SMILES string of the molecule is CN(C)C(CCCC=Cc1ccccc1)C12CC3CC(CC(C3)C1)C2. The molecular formula is C24H35N. The van der Waals surface area contributed by atoms with Gasteiger partial charge in [0.1, 0.15) is 0 Å². The van der Waals surface area contributed by atoms with E-state index in [-0.39, 0.29) is 0 Å². The molecule has 1 heteroatoms. The molecule has 1 aromatic rings. The van der Waals surface area contributed by atoms with Gasteiger partial charge in [-0.3, -0.25) is 0 Å². The number of rotatable bonds is 7. The normalized spacial score (nSPS) is 34.9. The fourth-order valence-electron chi connectivity index (χ4n) is 6.91. The van der Waals surface area contributed by atoms with Gasteiger partial charge in [-0.25, -0.2) is 0 Å². The van der Waals surface area contributed by atoms with Crippen molar-refractivity contribution >= 4 is 6.08 Å². The zero-order valence-corrected chi connectivity index (χ0v) is 16.2. The van der Waals surface area contributed by atoms with Crippen molar-refractivity contribution in [3.63, 3.8) is 0 Å². The van der Waals surface area contributed by atoms with Crippen LogP contribution in [0.1, 0.15) is 63.4 Å². The van der Waals surface area contributed by atoms with Gasteiger partial charge in [0.15, 0.2) is 0 Å².